The van der Waals surface area contributed by atoms with Gasteiger partial charge < -0.3 is 5.73 Å². The van der Waals surface area contributed by atoms with Crippen LogP contribution in [0.25, 0.3) is 0 Å². The Morgan fingerprint density at radius 3 is 2.33 bits per heavy atom. The Labute approximate surface area is 132 Å². The van der Waals surface area contributed by atoms with Gasteiger partial charge in [0.05, 0.1) is 4.90 Å². The normalized spacial score (nSPS) is 17.0. The van der Waals surface area contributed by atoms with E-state index >= 15 is 0 Å². The average Bonchev–Trinajstić information content (AvgIpc) is 2.48. The third-order valence-corrected chi connectivity index (χ3v) is 6.16. The maximum Gasteiger partial charge on any atom is 0.242 e. The van der Waals surface area contributed by atoms with E-state index in [1.54, 1.807) is 31.3 Å². The smallest absolute Gasteiger partial charge is 0.242 e. The number of hydrogen-bond acceptors (Lipinski definition) is 3. The molecule has 21 heavy (non-hydrogen) atoms. The van der Waals surface area contributed by atoms with Crippen molar-refractivity contribution < 1.29 is 8.42 Å². The van der Waals surface area contributed by atoms with Crippen molar-refractivity contribution in [2.45, 2.75) is 37.0 Å². The predicted molar refractivity (Wildman–Crippen MR) is 88.7 cm³/mol. The van der Waals surface area contributed by atoms with Crippen molar-refractivity contribution in [1.82, 2.24) is 4.31 Å². The Hall–Kier alpha value is -0.980. The number of thiocarbonyl (C=S) groups is 1. The van der Waals surface area contributed by atoms with Crippen LogP contribution in [0.4, 0.5) is 0 Å². The van der Waals surface area contributed by atoms with Crippen molar-refractivity contribution in [3.8, 4) is 0 Å². The molecule has 1 aromatic rings. The van der Waals surface area contributed by atoms with Crippen molar-refractivity contribution in [1.29, 1.82) is 0 Å². The fourth-order valence-electron chi connectivity index (χ4n) is 2.80. The quantitative estimate of drug-likeness (QED) is 0.845. The van der Waals surface area contributed by atoms with Gasteiger partial charge in [-0.3, -0.25) is 0 Å². The largest absolute Gasteiger partial charge is 0.389 e. The van der Waals surface area contributed by atoms with Crippen LogP contribution in [-0.2, 0) is 10.0 Å². The van der Waals surface area contributed by atoms with E-state index in [0.29, 0.717) is 22.9 Å². The van der Waals surface area contributed by atoms with Gasteiger partial charge in [0.15, 0.2) is 0 Å². The zero-order chi connectivity index (χ0) is 15.5. The summed E-state index contributed by atoms with van der Waals surface area (Å²) in [4.78, 5) is 0.565. The summed E-state index contributed by atoms with van der Waals surface area (Å²) < 4.78 is 26.6. The number of nitrogens with zero attached hydrogens (tertiary/aromatic N) is 1. The second-order valence-electron chi connectivity index (χ2n) is 5.68. The van der Waals surface area contributed by atoms with E-state index in [2.05, 4.69) is 0 Å². The van der Waals surface area contributed by atoms with Crippen LogP contribution in [-0.4, -0.2) is 31.3 Å². The van der Waals surface area contributed by atoms with Crippen LogP contribution in [0.15, 0.2) is 29.2 Å². The summed E-state index contributed by atoms with van der Waals surface area (Å²) in [6, 6.07) is 6.45. The lowest BCUT2D eigenvalue weighted by Crippen LogP contribution is -2.32. The number of hydrogen-bond donors (Lipinski definition) is 1. The minimum atomic E-state index is -3.43. The Kier molecular flexibility index (Phi) is 5.35. The SMILES string of the molecule is CN(CC1CCCCC1)S(=O)(=O)c1ccc(C(N)=S)cc1. The number of benzene rings is 1. The van der Waals surface area contributed by atoms with Gasteiger partial charge in [0.25, 0.3) is 0 Å². The molecule has 1 aliphatic rings. The molecule has 0 aromatic heterocycles. The number of sulfonamides is 1. The van der Waals surface area contributed by atoms with Crippen LogP contribution in [0.5, 0.6) is 0 Å². The standard InChI is InChI=1S/C15H22N2O2S2/c1-17(11-12-5-3-2-4-6-12)21(18,19)14-9-7-13(8-10-14)15(16)20/h7-10,12H,2-6,11H2,1H3,(H2,16,20). The van der Waals surface area contributed by atoms with Crippen LogP contribution >= 0.6 is 12.2 Å². The molecule has 0 spiro atoms. The van der Waals surface area contributed by atoms with Gasteiger partial charge >= 0.3 is 0 Å². The lowest BCUT2D eigenvalue weighted by Gasteiger charge is -2.26. The molecule has 1 aliphatic carbocycles. The molecule has 6 heteroatoms. The topological polar surface area (TPSA) is 63.4 Å². The molecule has 1 saturated carbocycles. The highest BCUT2D eigenvalue weighted by Crippen LogP contribution is 2.26. The minimum Gasteiger partial charge on any atom is -0.389 e. The first-order valence-corrected chi connectivity index (χ1v) is 9.12. The van der Waals surface area contributed by atoms with E-state index in [9.17, 15) is 8.42 Å². The highest BCUT2D eigenvalue weighted by atomic mass is 32.2. The lowest BCUT2D eigenvalue weighted by molar-refractivity contribution is 0.300. The predicted octanol–water partition coefficient (Wildman–Crippen LogP) is 2.52. The van der Waals surface area contributed by atoms with Gasteiger partial charge in [0.1, 0.15) is 4.99 Å². The molecule has 0 amide bonds. The molecule has 0 bridgehead atoms. The van der Waals surface area contributed by atoms with Crippen molar-refractivity contribution >= 4 is 27.2 Å². The molecule has 1 fully saturated rings. The van der Waals surface area contributed by atoms with Crippen LogP contribution in [0, 0.1) is 5.92 Å². The molecule has 0 radical (unpaired) electrons. The first-order chi connectivity index (χ1) is 9.91. The molecule has 0 unspecified atom stereocenters. The molecular weight excluding hydrogens is 304 g/mol. The molecule has 116 valence electrons. The first-order valence-electron chi connectivity index (χ1n) is 7.27. The molecule has 1 aromatic carbocycles. The van der Waals surface area contributed by atoms with Gasteiger partial charge in [-0.25, -0.2) is 12.7 Å². The summed E-state index contributed by atoms with van der Waals surface area (Å²) >= 11 is 4.88. The van der Waals surface area contributed by atoms with E-state index in [0.717, 1.165) is 12.8 Å². The van der Waals surface area contributed by atoms with E-state index in [-0.39, 0.29) is 4.99 Å². The molecule has 0 saturated heterocycles. The first kappa shape index (κ1) is 16.4. The maximum atomic E-state index is 12.5. The van der Waals surface area contributed by atoms with Gasteiger partial charge in [-0.05, 0) is 30.9 Å². The number of rotatable bonds is 5. The van der Waals surface area contributed by atoms with Crippen LogP contribution in [0.2, 0.25) is 0 Å². The number of nitrogens with two attached hydrogens (primary N) is 1. The second kappa shape index (κ2) is 6.85. The highest BCUT2D eigenvalue weighted by Gasteiger charge is 2.24. The summed E-state index contributed by atoms with van der Waals surface area (Å²) in [6.07, 6.45) is 5.94. The van der Waals surface area contributed by atoms with Crippen LogP contribution in [0.3, 0.4) is 0 Å². The van der Waals surface area contributed by atoms with Crippen molar-refractivity contribution in [2.24, 2.45) is 11.7 Å². The van der Waals surface area contributed by atoms with Crippen molar-refractivity contribution in [3.63, 3.8) is 0 Å². The summed E-state index contributed by atoms with van der Waals surface area (Å²) in [7, 11) is -1.77. The van der Waals surface area contributed by atoms with Gasteiger partial charge in [0, 0.05) is 19.2 Å². The Bertz CT molecular complexity index is 591. The highest BCUT2D eigenvalue weighted by molar-refractivity contribution is 7.89. The van der Waals surface area contributed by atoms with Gasteiger partial charge in [0.2, 0.25) is 10.0 Å². The van der Waals surface area contributed by atoms with E-state index < -0.39 is 10.0 Å². The third kappa shape index (κ3) is 4.02. The summed E-state index contributed by atoms with van der Waals surface area (Å²) in [5.74, 6) is 0.481. The van der Waals surface area contributed by atoms with E-state index in [1.165, 1.54) is 23.6 Å². The zero-order valence-corrected chi connectivity index (χ0v) is 13.9. The van der Waals surface area contributed by atoms with Crippen LogP contribution in [0.1, 0.15) is 37.7 Å². The summed E-state index contributed by atoms with van der Waals surface area (Å²) in [5.41, 5.74) is 6.21. The van der Waals surface area contributed by atoms with Crippen LogP contribution < -0.4 is 5.73 Å². The molecular formula is C15H22N2O2S2. The van der Waals surface area contributed by atoms with E-state index in [1.807, 2.05) is 0 Å². The molecule has 2 N–H and O–H groups in total. The van der Waals surface area contributed by atoms with Crippen molar-refractivity contribution in [2.75, 3.05) is 13.6 Å². The lowest BCUT2D eigenvalue weighted by atomic mass is 9.89. The average molecular weight is 326 g/mol. The molecule has 0 atom stereocenters. The minimum absolute atomic E-state index is 0.273. The molecule has 0 aliphatic heterocycles. The zero-order valence-electron chi connectivity index (χ0n) is 12.3. The maximum absolute atomic E-state index is 12.5. The van der Waals surface area contributed by atoms with Gasteiger partial charge in [-0.2, -0.15) is 0 Å². The second-order valence-corrected chi connectivity index (χ2v) is 8.16. The Balaban J connectivity index is 2.10. The summed E-state index contributed by atoms with van der Waals surface area (Å²) in [6.45, 7) is 0.597. The Morgan fingerprint density at radius 1 is 1.24 bits per heavy atom. The summed E-state index contributed by atoms with van der Waals surface area (Å²) in [5, 5.41) is 0. The third-order valence-electron chi connectivity index (χ3n) is 4.09. The Morgan fingerprint density at radius 2 is 1.81 bits per heavy atom. The van der Waals surface area contributed by atoms with E-state index in [4.69, 9.17) is 18.0 Å². The van der Waals surface area contributed by atoms with Crippen molar-refractivity contribution in [3.05, 3.63) is 29.8 Å². The van der Waals surface area contributed by atoms with Gasteiger partial charge in [-0.15, -0.1) is 0 Å². The van der Waals surface area contributed by atoms with Gasteiger partial charge in [-0.1, -0.05) is 43.6 Å². The monoisotopic (exact) mass is 326 g/mol. The fraction of sp³-hybridized carbons (Fsp3) is 0.533. The fourth-order valence-corrected chi connectivity index (χ4v) is 4.19. The molecule has 4 nitrogen and oxygen atoms in total. The molecule has 2 rings (SSSR count). The molecule has 0 heterocycles.